The summed E-state index contributed by atoms with van der Waals surface area (Å²) in [5.74, 6) is -1.02. The molecule has 1 nitrogen and oxygen atoms in total. The van der Waals surface area contributed by atoms with Crippen LogP contribution in [0, 0.1) is 11.6 Å². The molecule has 82 valence electrons. The summed E-state index contributed by atoms with van der Waals surface area (Å²) in [6.07, 6.45) is 1.75. The molecule has 0 spiro atoms. The van der Waals surface area contributed by atoms with Gasteiger partial charge < -0.3 is 5.73 Å². The summed E-state index contributed by atoms with van der Waals surface area (Å²) in [4.78, 5) is 0. The molecule has 15 heavy (non-hydrogen) atoms. The molecule has 0 bridgehead atoms. The van der Waals surface area contributed by atoms with E-state index in [1.165, 1.54) is 12.1 Å². The summed E-state index contributed by atoms with van der Waals surface area (Å²) < 4.78 is 26.4. The number of hydrogen-bond acceptors (Lipinski definition) is 1. The topological polar surface area (TPSA) is 26.0 Å². The Hall–Kier alpha value is -0.960. The predicted octanol–water partition coefficient (Wildman–Crippen LogP) is 2.73. The Morgan fingerprint density at radius 2 is 1.87 bits per heavy atom. The molecule has 0 aliphatic heterocycles. The molecule has 1 aliphatic carbocycles. The van der Waals surface area contributed by atoms with E-state index in [0.717, 1.165) is 18.9 Å². The zero-order valence-electron chi connectivity index (χ0n) is 8.98. The van der Waals surface area contributed by atoms with Crippen molar-refractivity contribution in [1.82, 2.24) is 0 Å². The van der Waals surface area contributed by atoms with Gasteiger partial charge in [-0.3, -0.25) is 0 Å². The quantitative estimate of drug-likeness (QED) is 0.799. The van der Waals surface area contributed by atoms with Gasteiger partial charge in [0.2, 0.25) is 0 Å². The highest BCUT2D eigenvalue weighted by molar-refractivity contribution is 5.37. The highest BCUT2D eigenvalue weighted by atomic mass is 19.1. The minimum absolute atomic E-state index is 0.301. The maximum Gasteiger partial charge on any atom is 0.129 e. The van der Waals surface area contributed by atoms with E-state index in [2.05, 4.69) is 0 Å². The van der Waals surface area contributed by atoms with Crippen molar-refractivity contribution in [3.63, 3.8) is 0 Å². The summed E-state index contributed by atoms with van der Waals surface area (Å²) in [5.41, 5.74) is 5.84. The van der Waals surface area contributed by atoms with Gasteiger partial charge in [0.25, 0.3) is 0 Å². The Morgan fingerprint density at radius 1 is 1.27 bits per heavy atom. The van der Waals surface area contributed by atoms with Gasteiger partial charge in [0, 0.05) is 17.0 Å². The van der Waals surface area contributed by atoms with Crippen LogP contribution in [0.25, 0.3) is 0 Å². The van der Waals surface area contributed by atoms with Crippen LogP contribution in [-0.4, -0.2) is 5.54 Å². The van der Waals surface area contributed by atoms with Crippen LogP contribution in [0.5, 0.6) is 0 Å². The fourth-order valence-electron chi connectivity index (χ4n) is 2.26. The Kier molecular flexibility index (Phi) is 2.12. The minimum atomic E-state index is -0.540. The molecule has 1 saturated carbocycles. The van der Waals surface area contributed by atoms with E-state index < -0.39 is 17.2 Å². The summed E-state index contributed by atoms with van der Waals surface area (Å²) in [7, 11) is 0. The lowest BCUT2D eigenvalue weighted by molar-refractivity contribution is 0.377. The maximum absolute atomic E-state index is 13.6. The van der Waals surface area contributed by atoms with Crippen LogP contribution in [-0.2, 0) is 5.41 Å². The standard InChI is InChI=1S/C12H15F2N/c1-11(2,15)12(5-6-12)9-4-3-8(13)7-10(9)14/h3-4,7H,5-6,15H2,1-2H3. The molecule has 0 saturated heterocycles. The van der Waals surface area contributed by atoms with Gasteiger partial charge in [-0.2, -0.15) is 0 Å². The fraction of sp³-hybridized carbons (Fsp3) is 0.500. The first-order chi connectivity index (χ1) is 6.87. The molecule has 0 amide bonds. The smallest absolute Gasteiger partial charge is 0.129 e. The third kappa shape index (κ3) is 1.55. The van der Waals surface area contributed by atoms with Crippen molar-refractivity contribution in [2.75, 3.05) is 0 Å². The number of rotatable bonds is 2. The van der Waals surface area contributed by atoms with Gasteiger partial charge in [-0.15, -0.1) is 0 Å². The fourth-order valence-corrected chi connectivity index (χ4v) is 2.26. The van der Waals surface area contributed by atoms with Crippen molar-refractivity contribution in [2.24, 2.45) is 5.73 Å². The summed E-state index contributed by atoms with van der Waals surface area (Å²) in [5, 5.41) is 0. The monoisotopic (exact) mass is 211 g/mol. The third-order valence-electron chi connectivity index (χ3n) is 3.43. The lowest BCUT2D eigenvalue weighted by Crippen LogP contribution is -2.45. The second-order valence-corrected chi connectivity index (χ2v) is 4.93. The Bertz CT molecular complexity index is 389. The zero-order valence-corrected chi connectivity index (χ0v) is 8.98. The maximum atomic E-state index is 13.6. The van der Waals surface area contributed by atoms with Crippen LogP contribution in [0.2, 0.25) is 0 Å². The van der Waals surface area contributed by atoms with Gasteiger partial charge in [-0.25, -0.2) is 8.78 Å². The molecule has 3 heteroatoms. The highest BCUT2D eigenvalue weighted by Gasteiger charge is 2.54. The lowest BCUT2D eigenvalue weighted by atomic mass is 9.79. The van der Waals surface area contributed by atoms with E-state index in [4.69, 9.17) is 5.73 Å². The first kappa shape index (κ1) is 10.6. The van der Waals surface area contributed by atoms with E-state index in [1.54, 1.807) is 0 Å². The number of halogens is 2. The summed E-state index contributed by atoms with van der Waals surface area (Å²) >= 11 is 0. The van der Waals surface area contributed by atoms with Crippen LogP contribution in [0.1, 0.15) is 32.3 Å². The van der Waals surface area contributed by atoms with Crippen molar-refractivity contribution < 1.29 is 8.78 Å². The molecule has 0 radical (unpaired) electrons. The normalized spacial score (nSPS) is 19.0. The van der Waals surface area contributed by atoms with Crippen molar-refractivity contribution in [3.8, 4) is 0 Å². The largest absolute Gasteiger partial charge is 0.325 e. The first-order valence-electron chi connectivity index (χ1n) is 5.11. The second kappa shape index (κ2) is 3.01. The number of benzene rings is 1. The van der Waals surface area contributed by atoms with Gasteiger partial charge in [-0.05, 0) is 38.3 Å². The molecular formula is C12H15F2N. The van der Waals surface area contributed by atoms with Gasteiger partial charge in [-0.1, -0.05) is 6.07 Å². The molecule has 0 aromatic heterocycles. The summed E-state index contributed by atoms with van der Waals surface area (Å²) in [6, 6.07) is 3.75. The van der Waals surface area contributed by atoms with Gasteiger partial charge >= 0.3 is 0 Å². The molecular weight excluding hydrogens is 196 g/mol. The average Bonchev–Trinajstić information content (AvgIpc) is 2.83. The van der Waals surface area contributed by atoms with Crippen LogP contribution in [0.3, 0.4) is 0 Å². The van der Waals surface area contributed by atoms with Crippen LogP contribution in [0.4, 0.5) is 8.78 Å². The van der Waals surface area contributed by atoms with Gasteiger partial charge in [0.05, 0.1) is 0 Å². The molecule has 2 rings (SSSR count). The van der Waals surface area contributed by atoms with Crippen molar-refractivity contribution in [3.05, 3.63) is 35.4 Å². The van der Waals surface area contributed by atoms with Gasteiger partial charge in [0.15, 0.2) is 0 Å². The van der Waals surface area contributed by atoms with Crippen molar-refractivity contribution >= 4 is 0 Å². The van der Waals surface area contributed by atoms with Crippen LogP contribution in [0.15, 0.2) is 18.2 Å². The van der Waals surface area contributed by atoms with E-state index in [1.807, 2.05) is 13.8 Å². The van der Waals surface area contributed by atoms with E-state index in [-0.39, 0.29) is 5.41 Å². The molecule has 2 N–H and O–H groups in total. The molecule has 1 aliphatic rings. The number of hydrogen-bond donors (Lipinski definition) is 1. The van der Waals surface area contributed by atoms with Crippen molar-refractivity contribution in [2.45, 2.75) is 37.6 Å². The minimum Gasteiger partial charge on any atom is -0.325 e. The van der Waals surface area contributed by atoms with Crippen LogP contribution >= 0.6 is 0 Å². The van der Waals surface area contributed by atoms with E-state index in [0.29, 0.717) is 5.56 Å². The molecule has 1 fully saturated rings. The number of nitrogens with two attached hydrogens (primary N) is 1. The first-order valence-corrected chi connectivity index (χ1v) is 5.11. The Morgan fingerprint density at radius 3 is 2.27 bits per heavy atom. The highest BCUT2D eigenvalue weighted by Crippen LogP contribution is 2.55. The molecule has 0 atom stereocenters. The average molecular weight is 211 g/mol. The molecule has 1 aromatic rings. The molecule has 0 heterocycles. The Balaban J connectivity index is 2.47. The van der Waals surface area contributed by atoms with E-state index >= 15 is 0 Å². The molecule has 1 aromatic carbocycles. The Labute approximate surface area is 88.3 Å². The third-order valence-corrected chi connectivity index (χ3v) is 3.43. The zero-order chi connectivity index (χ0) is 11.3. The van der Waals surface area contributed by atoms with Crippen molar-refractivity contribution in [1.29, 1.82) is 0 Å². The summed E-state index contributed by atoms with van der Waals surface area (Å²) in [6.45, 7) is 3.78. The SMILES string of the molecule is CC(C)(N)C1(c2ccc(F)cc2F)CC1. The van der Waals surface area contributed by atoms with E-state index in [9.17, 15) is 8.78 Å². The van der Waals surface area contributed by atoms with Crippen LogP contribution < -0.4 is 5.73 Å². The predicted molar refractivity (Wildman–Crippen MR) is 55.5 cm³/mol. The van der Waals surface area contributed by atoms with Gasteiger partial charge in [0.1, 0.15) is 11.6 Å². The lowest BCUT2D eigenvalue weighted by Gasteiger charge is -2.31. The second-order valence-electron chi connectivity index (χ2n) is 4.93. The molecule has 0 unspecified atom stereocenters.